The van der Waals surface area contributed by atoms with E-state index in [1.54, 1.807) is 10.8 Å². The number of nitrogens with one attached hydrogen (secondary N) is 1. The van der Waals surface area contributed by atoms with Crippen molar-refractivity contribution in [1.29, 1.82) is 5.26 Å². The molecular weight excluding hydrogens is 512 g/mol. The predicted molar refractivity (Wildman–Crippen MR) is 150 cm³/mol. The summed E-state index contributed by atoms with van der Waals surface area (Å²) in [5, 5.41) is 18.1. The van der Waals surface area contributed by atoms with E-state index in [9.17, 15) is 10.1 Å². The molecule has 1 N–H and O–H groups in total. The fourth-order valence-corrected chi connectivity index (χ4v) is 4.42. The van der Waals surface area contributed by atoms with Crippen LogP contribution < -0.4 is 10.1 Å². The van der Waals surface area contributed by atoms with Crippen LogP contribution in [-0.2, 0) is 16.1 Å². The van der Waals surface area contributed by atoms with Crippen molar-refractivity contribution in [2.24, 2.45) is 0 Å². The summed E-state index contributed by atoms with van der Waals surface area (Å²) in [5.74, 6) is 0.275. The molecule has 196 valence electrons. The number of nitriles is 1. The van der Waals surface area contributed by atoms with Crippen LogP contribution in [0.4, 0.5) is 0 Å². The Kier molecular flexibility index (Phi) is 8.37. The second-order valence-electron chi connectivity index (χ2n) is 9.17. The quantitative estimate of drug-likeness (QED) is 0.209. The maximum Gasteiger partial charge on any atom is 0.262 e. The van der Waals surface area contributed by atoms with Gasteiger partial charge >= 0.3 is 0 Å². The van der Waals surface area contributed by atoms with Crippen molar-refractivity contribution in [2.45, 2.75) is 25.6 Å². The van der Waals surface area contributed by atoms with Gasteiger partial charge in [0.25, 0.3) is 5.91 Å². The van der Waals surface area contributed by atoms with Crippen LogP contribution in [0, 0.1) is 11.3 Å². The van der Waals surface area contributed by atoms with Crippen LogP contribution in [0.3, 0.4) is 0 Å². The predicted octanol–water partition coefficient (Wildman–Crippen LogP) is 5.97. The van der Waals surface area contributed by atoms with Crippen LogP contribution in [0.25, 0.3) is 23.0 Å². The third-order valence-corrected chi connectivity index (χ3v) is 6.64. The summed E-state index contributed by atoms with van der Waals surface area (Å²) in [7, 11) is 0. The van der Waals surface area contributed by atoms with Gasteiger partial charge < -0.3 is 14.8 Å². The van der Waals surface area contributed by atoms with Gasteiger partial charge in [0.2, 0.25) is 0 Å². The summed E-state index contributed by atoms with van der Waals surface area (Å²) in [6.07, 6.45) is 5.27. The highest BCUT2D eigenvalue weighted by molar-refractivity contribution is 6.30. The average molecular weight is 539 g/mol. The largest absolute Gasteiger partial charge is 0.489 e. The maximum absolute atomic E-state index is 12.8. The van der Waals surface area contributed by atoms with Crippen LogP contribution in [0.15, 0.2) is 90.6 Å². The Morgan fingerprint density at radius 2 is 1.90 bits per heavy atom. The number of para-hydroxylation sites is 1. The zero-order valence-corrected chi connectivity index (χ0v) is 22.0. The molecule has 4 aromatic rings. The second kappa shape index (κ2) is 12.4. The first kappa shape index (κ1) is 26.2. The van der Waals surface area contributed by atoms with Gasteiger partial charge in [-0.25, -0.2) is 4.68 Å². The number of benzene rings is 3. The van der Waals surface area contributed by atoms with Crippen molar-refractivity contribution in [2.75, 3.05) is 13.2 Å². The molecule has 1 fully saturated rings. The van der Waals surface area contributed by atoms with Gasteiger partial charge in [-0.05, 0) is 73.0 Å². The molecule has 0 bridgehead atoms. The summed E-state index contributed by atoms with van der Waals surface area (Å²) in [4.78, 5) is 12.8. The van der Waals surface area contributed by atoms with Crippen molar-refractivity contribution < 1.29 is 14.3 Å². The standard InChI is InChI=1S/C31H27ClN4O3/c32-26-12-8-22(9-13-26)21-39-28-14-10-23(11-15-28)30-25(20-36(35-30)27-5-2-1-3-6-27)17-24(18-33)31(37)34-19-29-7-4-16-38-29/h1-3,5-6,8-15,17,20,29H,4,7,16,19,21H2,(H,34,37)/b24-17+/t29-/m0/s1. The van der Waals surface area contributed by atoms with Crippen molar-refractivity contribution >= 4 is 23.6 Å². The highest BCUT2D eigenvalue weighted by Gasteiger charge is 2.19. The third kappa shape index (κ3) is 6.74. The van der Waals surface area contributed by atoms with Gasteiger partial charge in [-0.15, -0.1) is 0 Å². The molecular formula is C31H27ClN4O3. The number of rotatable bonds is 9. The van der Waals surface area contributed by atoms with Crippen LogP contribution >= 0.6 is 11.6 Å². The molecule has 7 nitrogen and oxygen atoms in total. The molecule has 1 aliphatic heterocycles. The molecule has 0 saturated carbocycles. The first-order valence-corrected chi connectivity index (χ1v) is 13.1. The molecule has 8 heteroatoms. The van der Waals surface area contributed by atoms with Gasteiger partial charge in [0, 0.05) is 35.5 Å². The van der Waals surface area contributed by atoms with Crippen LogP contribution in [0.1, 0.15) is 24.0 Å². The Morgan fingerprint density at radius 1 is 1.13 bits per heavy atom. The molecule has 0 radical (unpaired) electrons. The van der Waals surface area contributed by atoms with E-state index in [-0.39, 0.29) is 11.7 Å². The summed E-state index contributed by atoms with van der Waals surface area (Å²) in [6, 6.07) is 26.8. The zero-order chi connectivity index (χ0) is 27.0. The number of amides is 1. The van der Waals surface area contributed by atoms with Crippen molar-refractivity contribution in [3.63, 3.8) is 0 Å². The van der Waals surface area contributed by atoms with Gasteiger partial charge in [0.15, 0.2) is 0 Å². The lowest BCUT2D eigenvalue weighted by atomic mass is 10.1. The topological polar surface area (TPSA) is 89.2 Å². The van der Waals surface area contributed by atoms with Crippen molar-refractivity contribution in [3.05, 3.63) is 107 Å². The van der Waals surface area contributed by atoms with E-state index in [4.69, 9.17) is 26.2 Å². The monoisotopic (exact) mass is 538 g/mol. The van der Waals surface area contributed by atoms with E-state index >= 15 is 0 Å². The Hall–Kier alpha value is -4.38. The Labute approximate surface area is 232 Å². The van der Waals surface area contributed by atoms with Crippen LogP contribution in [0.2, 0.25) is 5.02 Å². The molecule has 3 aromatic carbocycles. The summed E-state index contributed by atoms with van der Waals surface area (Å²) in [6.45, 7) is 1.50. The summed E-state index contributed by atoms with van der Waals surface area (Å²) >= 11 is 5.96. The lowest BCUT2D eigenvalue weighted by Crippen LogP contribution is -2.32. The Bertz CT molecular complexity index is 1480. The molecule has 0 spiro atoms. The zero-order valence-electron chi connectivity index (χ0n) is 21.2. The highest BCUT2D eigenvalue weighted by Crippen LogP contribution is 2.28. The maximum atomic E-state index is 12.8. The molecule has 0 aliphatic carbocycles. The van der Waals surface area contributed by atoms with Crippen LogP contribution in [0.5, 0.6) is 5.75 Å². The Balaban J connectivity index is 1.39. The average Bonchev–Trinajstić information content (AvgIpc) is 3.65. The number of carbonyl (C=O) groups excluding carboxylic acids is 1. The number of carbonyl (C=O) groups is 1. The van der Waals surface area contributed by atoms with Crippen molar-refractivity contribution in [3.8, 4) is 28.8 Å². The number of nitrogens with zero attached hydrogens (tertiary/aromatic N) is 3. The lowest BCUT2D eigenvalue weighted by Gasteiger charge is -2.10. The van der Waals surface area contributed by atoms with Gasteiger partial charge in [0.05, 0.1) is 17.5 Å². The normalized spacial score (nSPS) is 15.1. The van der Waals surface area contributed by atoms with E-state index in [1.165, 1.54) is 0 Å². The highest BCUT2D eigenvalue weighted by atomic mass is 35.5. The molecule has 5 rings (SSSR count). The Morgan fingerprint density at radius 3 is 2.59 bits per heavy atom. The number of ether oxygens (including phenoxy) is 2. The van der Waals surface area contributed by atoms with Gasteiger partial charge in [-0.1, -0.05) is 41.9 Å². The number of halogens is 1. The first-order chi connectivity index (χ1) is 19.1. The summed E-state index contributed by atoms with van der Waals surface area (Å²) < 4.78 is 13.2. The van der Waals surface area contributed by atoms with Crippen molar-refractivity contribution in [1.82, 2.24) is 15.1 Å². The SMILES string of the molecule is N#C/C(=C\c1cn(-c2ccccc2)nc1-c1ccc(OCc2ccc(Cl)cc2)cc1)C(=O)NC[C@@H]1CCCO1. The molecule has 1 atom stereocenters. The summed E-state index contributed by atoms with van der Waals surface area (Å²) in [5.41, 5.74) is 4.00. The fourth-order valence-electron chi connectivity index (χ4n) is 4.30. The molecule has 0 unspecified atom stereocenters. The van der Waals surface area contributed by atoms with E-state index in [0.29, 0.717) is 41.8 Å². The van der Waals surface area contributed by atoms with E-state index in [2.05, 4.69) is 5.32 Å². The minimum atomic E-state index is -0.433. The van der Waals surface area contributed by atoms with E-state index in [0.717, 1.165) is 29.7 Å². The molecule has 39 heavy (non-hydrogen) atoms. The lowest BCUT2D eigenvalue weighted by molar-refractivity contribution is -0.117. The fraction of sp³-hybridized carbons (Fsp3) is 0.194. The van der Waals surface area contributed by atoms with Gasteiger partial charge in [0.1, 0.15) is 24.0 Å². The number of hydrogen-bond donors (Lipinski definition) is 1. The number of hydrogen-bond acceptors (Lipinski definition) is 5. The smallest absolute Gasteiger partial charge is 0.262 e. The molecule has 1 amide bonds. The molecule has 1 aliphatic rings. The third-order valence-electron chi connectivity index (χ3n) is 6.39. The second-order valence-corrected chi connectivity index (χ2v) is 9.60. The van der Waals surface area contributed by atoms with Gasteiger partial charge in [-0.2, -0.15) is 10.4 Å². The number of aromatic nitrogens is 2. The molecule has 1 aromatic heterocycles. The van der Waals surface area contributed by atoms with Gasteiger partial charge in [-0.3, -0.25) is 4.79 Å². The first-order valence-electron chi connectivity index (χ1n) is 12.7. The van der Waals surface area contributed by atoms with E-state index < -0.39 is 5.91 Å². The molecule has 1 saturated heterocycles. The minimum Gasteiger partial charge on any atom is -0.489 e. The van der Waals surface area contributed by atoms with E-state index in [1.807, 2.05) is 91.1 Å². The van der Waals surface area contributed by atoms with Crippen LogP contribution in [-0.4, -0.2) is 34.9 Å². The minimum absolute atomic E-state index is 0.00442. The molecule has 2 heterocycles.